The standard InChI is InChI=1S/C19H20N2O4/c1-3-21(15-6-4-5-13(2)9-15)19(23)18(22)20-11-14-7-8-16-17(10-14)25-12-24-16/h4-10H,3,11-12H2,1-2H3,(H,20,22). The third-order valence-corrected chi connectivity index (χ3v) is 3.96. The van der Waals surface area contributed by atoms with Crippen molar-refractivity contribution in [3.63, 3.8) is 0 Å². The maximum absolute atomic E-state index is 12.5. The van der Waals surface area contributed by atoms with Crippen LogP contribution in [0.2, 0.25) is 0 Å². The lowest BCUT2D eigenvalue weighted by Crippen LogP contribution is -2.42. The molecule has 2 aromatic carbocycles. The number of carbonyl (C=O) groups is 2. The highest BCUT2D eigenvalue weighted by molar-refractivity contribution is 6.40. The molecule has 1 N–H and O–H groups in total. The molecule has 0 saturated heterocycles. The van der Waals surface area contributed by atoms with Crippen molar-refractivity contribution in [2.24, 2.45) is 0 Å². The van der Waals surface area contributed by atoms with Gasteiger partial charge in [0, 0.05) is 18.8 Å². The van der Waals surface area contributed by atoms with Gasteiger partial charge in [0.25, 0.3) is 0 Å². The molecule has 0 unspecified atom stereocenters. The van der Waals surface area contributed by atoms with Gasteiger partial charge in [-0.05, 0) is 49.2 Å². The first-order valence-electron chi connectivity index (χ1n) is 8.13. The van der Waals surface area contributed by atoms with Crippen LogP contribution < -0.4 is 19.7 Å². The van der Waals surface area contributed by atoms with E-state index in [4.69, 9.17) is 9.47 Å². The Morgan fingerprint density at radius 3 is 2.68 bits per heavy atom. The van der Waals surface area contributed by atoms with Gasteiger partial charge in [-0.3, -0.25) is 9.59 Å². The summed E-state index contributed by atoms with van der Waals surface area (Å²) >= 11 is 0. The van der Waals surface area contributed by atoms with Gasteiger partial charge >= 0.3 is 11.8 Å². The van der Waals surface area contributed by atoms with Gasteiger partial charge in [-0.1, -0.05) is 18.2 Å². The number of benzene rings is 2. The first-order chi connectivity index (χ1) is 12.1. The van der Waals surface area contributed by atoms with Crippen LogP contribution in [0.15, 0.2) is 42.5 Å². The third-order valence-electron chi connectivity index (χ3n) is 3.96. The number of hydrogen-bond acceptors (Lipinski definition) is 4. The molecule has 2 aromatic rings. The molecule has 1 heterocycles. The number of hydrogen-bond donors (Lipinski definition) is 1. The normalized spacial score (nSPS) is 11.9. The summed E-state index contributed by atoms with van der Waals surface area (Å²) < 4.78 is 10.6. The molecule has 3 rings (SSSR count). The van der Waals surface area contributed by atoms with E-state index in [-0.39, 0.29) is 13.3 Å². The molecule has 0 radical (unpaired) electrons. The van der Waals surface area contributed by atoms with E-state index in [1.165, 1.54) is 4.90 Å². The molecule has 130 valence electrons. The number of anilines is 1. The van der Waals surface area contributed by atoms with Gasteiger partial charge in [0.2, 0.25) is 6.79 Å². The average Bonchev–Trinajstić information content (AvgIpc) is 3.08. The highest BCUT2D eigenvalue weighted by atomic mass is 16.7. The fourth-order valence-electron chi connectivity index (χ4n) is 2.67. The van der Waals surface area contributed by atoms with E-state index in [1.807, 2.05) is 44.2 Å². The number of nitrogens with zero attached hydrogens (tertiary/aromatic N) is 1. The van der Waals surface area contributed by atoms with Crippen LogP contribution in [0.4, 0.5) is 5.69 Å². The molecule has 0 spiro atoms. The topological polar surface area (TPSA) is 67.9 Å². The van der Waals surface area contributed by atoms with Crippen LogP contribution in [0, 0.1) is 6.92 Å². The summed E-state index contributed by atoms with van der Waals surface area (Å²) in [5.74, 6) is 0.116. The first-order valence-corrected chi connectivity index (χ1v) is 8.13. The van der Waals surface area contributed by atoms with Gasteiger partial charge in [0.05, 0.1) is 0 Å². The number of nitrogens with one attached hydrogen (secondary N) is 1. The van der Waals surface area contributed by atoms with Crippen molar-refractivity contribution in [1.82, 2.24) is 5.32 Å². The van der Waals surface area contributed by atoms with E-state index in [2.05, 4.69) is 5.32 Å². The van der Waals surface area contributed by atoms with E-state index >= 15 is 0 Å². The summed E-state index contributed by atoms with van der Waals surface area (Å²) in [5.41, 5.74) is 2.58. The minimum atomic E-state index is -0.638. The molecule has 0 aliphatic carbocycles. The Kier molecular flexibility index (Phi) is 4.88. The number of fused-ring (bicyclic) bond motifs is 1. The van der Waals surface area contributed by atoms with Gasteiger partial charge in [-0.2, -0.15) is 0 Å². The van der Waals surface area contributed by atoms with Crippen LogP contribution in [0.25, 0.3) is 0 Å². The van der Waals surface area contributed by atoms with Crippen LogP contribution in [-0.2, 0) is 16.1 Å². The van der Waals surface area contributed by atoms with Gasteiger partial charge in [0.15, 0.2) is 11.5 Å². The number of carbonyl (C=O) groups excluding carboxylic acids is 2. The zero-order chi connectivity index (χ0) is 17.8. The predicted octanol–water partition coefficient (Wildman–Crippen LogP) is 2.39. The summed E-state index contributed by atoms with van der Waals surface area (Å²) in [4.78, 5) is 26.2. The third kappa shape index (κ3) is 3.74. The Labute approximate surface area is 146 Å². The second kappa shape index (κ2) is 7.25. The van der Waals surface area contributed by atoms with Gasteiger partial charge in [-0.15, -0.1) is 0 Å². The average molecular weight is 340 g/mol. The van der Waals surface area contributed by atoms with Crippen molar-refractivity contribution in [1.29, 1.82) is 0 Å². The number of aryl methyl sites for hydroxylation is 1. The highest BCUT2D eigenvalue weighted by Gasteiger charge is 2.22. The maximum atomic E-state index is 12.5. The lowest BCUT2D eigenvalue weighted by atomic mass is 10.2. The summed E-state index contributed by atoms with van der Waals surface area (Å²) in [7, 11) is 0. The molecule has 0 saturated carbocycles. The van der Waals surface area contributed by atoms with Crippen molar-refractivity contribution in [3.05, 3.63) is 53.6 Å². The van der Waals surface area contributed by atoms with Crippen molar-refractivity contribution >= 4 is 17.5 Å². The number of likely N-dealkylation sites (N-methyl/N-ethyl adjacent to an activating group) is 1. The van der Waals surface area contributed by atoms with E-state index in [0.29, 0.717) is 23.7 Å². The molecular formula is C19H20N2O4. The summed E-state index contributed by atoms with van der Waals surface area (Å²) in [6.45, 7) is 4.64. The fraction of sp³-hybridized carbons (Fsp3) is 0.263. The Morgan fingerprint density at radius 2 is 1.92 bits per heavy atom. The van der Waals surface area contributed by atoms with Crippen molar-refractivity contribution in [2.45, 2.75) is 20.4 Å². The van der Waals surface area contributed by atoms with Gasteiger partial charge in [-0.25, -0.2) is 0 Å². The van der Waals surface area contributed by atoms with E-state index in [1.54, 1.807) is 12.1 Å². The molecule has 6 heteroatoms. The van der Waals surface area contributed by atoms with Crippen LogP contribution in [0.3, 0.4) is 0 Å². The minimum absolute atomic E-state index is 0.200. The Morgan fingerprint density at radius 1 is 1.12 bits per heavy atom. The van der Waals surface area contributed by atoms with Gasteiger partial charge < -0.3 is 19.7 Å². The van der Waals surface area contributed by atoms with Crippen molar-refractivity contribution < 1.29 is 19.1 Å². The van der Waals surface area contributed by atoms with Crippen LogP contribution >= 0.6 is 0 Å². The Hall–Kier alpha value is -3.02. The fourth-order valence-corrected chi connectivity index (χ4v) is 2.67. The second-order valence-corrected chi connectivity index (χ2v) is 5.76. The molecule has 0 aromatic heterocycles. The SMILES string of the molecule is CCN(C(=O)C(=O)NCc1ccc2c(c1)OCO2)c1cccc(C)c1. The molecule has 0 atom stereocenters. The molecular weight excluding hydrogens is 320 g/mol. The zero-order valence-corrected chi connectivity index (χ0v) is 14.2. The number of ether oxygens (including phenoxy) is 2. The van der Waals surface area contributed by atoms with E-state index < -0.39 is 11.8 Å². The van der Waals surface area contributed by atoms with E-state index in [9.17, 15) is 9.59 Å². The lowest BCUT2D eigenvalue weighted by Gasteiger charge is -2.20. The monoisotopic (exact) mass is 340 g/mol. The molecule has 1 aliphatic rings. The summed E-state index contributed by atoms with van der Waals surface area (Å²) in [5, 5.41) is 2.66. The van der Waals surface area contributed by atoms with E-state index in [0.717, 1.165) is 11.1 Å². The number of amides is 2. The van der Waals surface area contributed by atoms with Crippen molar-refractivity contribution in [3.8, 4) is 11.5 Å². The van der Waals surface area contributed by atoms with Crippen LogP contribution in [-0.4, -0.2) is 25.2 Å². The van der Waals surface area contributed by atoms with Crippen LogP contribution in [0.1, 0.15) is 18.1 Å². The lowest BCUT2D eigenvalue weighted by molar-refractivity contribution is -0.137. The Bertz CT molecular complexity index is 804. The molecule has 25 heavy (non-hydrogen) atoms. The highest BCUT2D eigenvalue weighted by Crippen LogP contribution is 2.32. The van der Waals surface area contributed by atoms with Crippen molar-refractivity contribution in [2.75, 3.05) is 18.2 Å². The van der Waals surface area contributed by atoms with Crippen LogP contribution in [0.5, 0.6) is 11.5 Å². The molecule has 0 fully saturated rings. The summed E-state index contributed by atoms with van der Waals surface area (Å²) in [6.07, 6.45) is 0. The zero-order valence-electron chi connectivity index (χ0n) is 14.2. The predicted molar refractivity (Wildman–Crippen MR) is 93.6 cm³/mol. The first kappa shape index (κ1) is 16.8. The quantitative estimate of drug-likeness (QED) is 0.868. The number of rotatable bonds is 4. The smallest absolute Gasteiger partial charge is 0.316 e. The maximum Gasteiger partial charge on any atom is 0.316 e. The minimum Gasteiger partial charge on any atom is -0.454 e. The Balaban J connectivity index is 1.64. The molecule has 1 aliphatic heterocycles. The molecule has 6 nitrogen and oxygen atoms in total. The van der Waals surface area contributed by atoms with Gasteiger partial charge in [0.1, 0.15) is 0 Å². The largest absolute Gasteiger partial charge is 0.454 e. The second-order valence-electron chi connectivity index (χ2n) is 5.76. The molecule has 2 amide bonds. The molecule has 0 bridgehead atoms. The summed E-state index contributed by atoms with van der Waals surface area (Å²) in [6, 6.07) is 12.9.